The van der Waals surface area contributed by atoms with Crippen molar-refractivity contribution >= 4 is 17.6 Å². The van der Waals surface area contributed by atoms with E-state index in [9.17, 15) is 4.79 Å². The van der Waals surface area contributed by atoms with E-state index < -0.39 is 5.97 Å². The highest BCUT2D eigenvalue weighted by atomic mass is 35.5. The lowest BCUT2D eigenvalue weighted by atomic mass is 9.97. The van der Waals surface area contributed by atoms with E-state index in [1.165, 1.54) is 0 Å². The van der Waals surface area contributed by atoms with Gasteiger partial charge in [-0.3, -0.25) is 4.79 Å². The number of benzene rings is 1. The van der Waals surface area contributed by atoms with Crippen LogP contribution in [0.4, 0.5) is 0 Å². The lowest BCUT2D eigenvalue weighted by Gasteiger charge is -2.31. The van der Waals surface area contributed by atoms with Crippen molar-refractivity contribution in [2.24, 2.45) is 5.92 Å². The van der Waals surface area contributed by atoms with Crippen molar-refractivity contribution in [1.82, 2.24) is 4.90 Å². The number of alkyl halides is 1. The Morgan fingerprint density at radius 3 is 2.50 bits per heavy atom. The number of rotatable bonds is 4. The molecular formula is C14H18ClNO2. The van der Waals surface area contributed by atoms with Crippen molar-refractivity contribution < 1.29 is 9.90 Å². The molecule has 98 valence electrons. The molecule has 1 atom stereocenters. The molecule has 2 rings (SSSR count). The standard InChI is InChI=1S/C14H18ClNO2/c15-13(11-4-2-1-3-5-11)10-16-8-6-12(7-9-16)14(17)18/h1-5,12-13H,6-10H2,(H,17,18). The number of carboxylic acid groups (broad SMARTS) is 1. The Balaban J connectivity index is 1.83. The van der Waals surface area contributed by atoms with E-state index in [2.05, 4.69) is 4.90 Å². The second-order valence-corrected chi connectivity index (χ2v) is 5.32. The summed E-state index contributed by atoms with van der Waals surface area (Å²) in [5, 5.41) is 8.92. The second-order valence-electron chi connectivity index (χ2n) is 4.79. The predicted octanol–water partition coefficient (Wildman–Crippen LogP) is 2.76. The molecule has 1 saturated heterocycles. The van der Waals surface area contributed by atoms with Crippen molar-refractivity contribution in [3.63, 3.8) is 0 Å². The smallest absolute Gasteiger partial charge is 0.306 e. The van der Waals surface area contributed by atoms with Crippen molar-refractivity contribution in [1.29, 1.82) is 0 Å². The van der Waals surface area contributed by atoms with Crippen LogP contribution in [0.15, 0.2) is 30.3 Å². The number of piperidine rings is 1. The van der Waals surface area contributed by atoms with Crippen LogP contribution in [0.5, 0.6) is 0 Å². The van der Waals surface area contributed by atoms with Crippen LogP contribution in [0.3, 0.4) is 0 Å². The molecule has 0 aliphatic carbocycles. The first-order valence-corrected chi connectivity index (χ1v) is 6.74. The van der Waals surface area contributed by atoms with Gasteiger partial charge in [0.05, 0.1) is 11.3 Å². The molecule has 1 N–H and O–H groups in total. The van der Waals surface area contributed by atoms with Crippen LogP contribution in [0.1, 0.15) is 23.8 Å². The summed E-state index contributed by atoms with van der Waals surface area (Å²) in [6.07, 6.45) is 1.46. The third-order valence-electron chi connectivity index (χ3n) is 3.52. The van der Waals surface area contributed by atoms with E-state index in [1.807, 2.05) is 30.3 Å². The monoisotopic (exact) mass is 267 g/mol. The molecule has 0 spiro atoms. The number of carboxylic acids is 1. The normalized spacial score (nSPS) is 19.6. The van der Waals surface area contributed by atoms with Gasteiger partial charge in [-0.15, -0.1) is 11.6 Å². The molecular weight excluding hydrogens is 250 g/mol. The number of likely N-dealkylation sites (tertiary alicyclic amines) is 1. The van der Waals surface area contributed by atoms with Crippen LogP contribution in [-0.4, -0.2) is 35.6 Å². The molecule has 0 bridgehead atoms. The van der Waals surface area contributed by atoms with Gasteiger partial charge in [-0.05, 0) is 31.5 Å². The molecule has 0 radical (unpaired) electrons. The van der Waals surface area contributed by atoms with Gasteiger partial charge in [0.1, 0.15) is 0 Å². The van der Waals surface area contributed by atoms with Crippen LogP contribution in [0.25, 0.3) is 0 Å². The van der Waals surface area contributed by atoms with Crippen LogP contribution < -0.4 is 0 Å². The first-order chi connectivity index (χ1) is 8.66. The molecule has 18 heavy (non-hydrogen) atoms. The van der Waals surface area contributed by atoms with Gasteiger partial charge in [-0.2, -0.15) is 0 Å². The van der Waals surface area contributed by atoms with Crippen molar-refractivity contribution in [3.8, 4) is 0 Å². The second kappa shape index (κ2) is 6.21. The van der Waals surface area contributed by atoms with E-state index in [-0.39, 0.29) is 11.3 Å². The highest BCUT2D eigenvalue weighted by Crippen LogP contribution is 2.24. The molecule has 1 heterocycles. The zero-order chi connectivity index (χ0) is 13.0. The molecule has 1 aromatic carbocycles. The molecule has 0 aromatic heterocycles. The quantitative estimate of drug-likeness (QED) is 0.853. The average molecular weight is 268 g/mol. The highest BCUT2D eigenvalue weighted by molar-refractivity contribution is 6.21. The van der Waals surface area contributed by atoms with E-state index in [1.54, 1.807) is 0 Å². The summed E-state index contributed by atoms with van der Waals surface area (Å²) >= 11 is 6.38. The molecule has 4 heteroatoms. The predicted molar refractivity (Wildman–Crippen MR) is 71.8 cm³/mol. The topological polar surface area (TPSA) is 40.5 Å². The third-order valence-corrected chi connectivity index (χ3v) is 3.91. The molecule has 0 amide bonds. The number of hydrogen-bond acceptors (Lipinski definition) is 2. The lowest BCUT2D eigenvalue weighted by molar-refractivity contribution is -0.143. The summed E-state index contributed by atoms with van der Waals surface area (Å²) in [5.74, 6) is -0.841. The Bertz CT molecular complexity index is 388. The van der Waals surface area contributed by atoms with E-state index in [4.69, 9.17) is 16.7 Å². The maximum absolute atomic E-state index is 10.9. The molecule has 1 aliphatic rings. The Labute approximate surface area is 112 Å². The fourth-order valence-electron chi connectivity index (χ4n) is 2.36. The van der Waals surface area contributed by atoms with Crippen molar-refractivity contribution in [2.75, 3.05) is 19.6 Å². The largest absolute Gasteiger partial charge is 0.481 e. The molecule has 1 aliphatic heterocycles. The van der Waals surface area contributed by atoms with Crippen molar-refractivity contribution in [2.45, 2.75) is 18.2 Å². The summed E-state index contributed by atoms with van der Waals surface area (Å²) in [5.41, 5.74) is 1.12. The Morgan fingerprint density at radius 2 is 1.94 bits per heavy atom. The minimum atomic E-state index is -0.667. The number of hydrogen-bond donors (Lipinski definition) is 1. The number of nitrogens with zero attached hydrogens (tertiary/aromatic N) is 1. The fourth-order valence-corrected chi connectivity index (χ4v) is 2.70. The number of aliphatic carboxylic acids is 1. The van der Waals surface area contributed by atoms with Crippen LogP contribution >= 0.6 is 11.6 Å². The third kappa shape index (κ3) is 3.47. The van der Waals surface area contributed by atoms with Gasteiger partial charge in [0, 0.05) is 6.54 Å². The van der Waals surface area contributed by atoms with Gasteiger partial charge in [0.15, 0.2) is 0 Å². The Kier molecular flexibility index (Phi) is 4.61. The number of halogens is 1. The Hall–Kier alpha value is -1.06. The first-order valence-electron chi connectivity index (χ1n) is 6.31. The zero-order valence-electron chi connectivity index (χ0n) is 10.3. The summed E-state index contributed by atoms with van der Waals surface area (Å²) in [6, 6.07) is 10.0. The van der Waals surface area contributed by atoms with Crippen molar-refractivity contribution in [3.05, 3.63) is 35.9 Å². The van der Waals surface area contributed by atoms with E-state index in [0.717, 1.165) is 38.0 Å². The van der Waals surface area contributed by atoms with Gasteiger partial charge < -0.3 is 10.0 Å². The summed E-state index contributed by atoms with van der Waals surface area (Å²) in [6.45, 7) is 2.44. The van der Waals surface area contributed by atoms with Crippen LogP contribution in [-0.2, 0) is 4.79 Å². The van der Waals surface area contributed by atoms with Crippen LogP contribution in [0.2, 0.25) is 0 Å². The first kappa shape index (κ1) is 13.4. The minimum absolute atomic E-state index is 0.0208. The maximum atomic E-state index is 10.9. The van der Waals surface area contributed by atoms with Gasteiger partial charge in [0.25, 0.3) is 0 Å². The summed E-state index contributed by atoms with van der Waals surface area (Å²) in [4.78, 5) is 13.1. The average Bonchev–Trinajstić information content (AvgIpc) is 2.40. The molecule has 1 fully saturated rings. The van der Waals surface area contributed by atoms with Gasteiger partial charge >= 0.3 is 5.97 Å². The van der Waals surface area contributed by atoms with E-state index >= 15 is 0 Å². The van der Waals surface area contributed by atoms with Gasteiger partial charge in [0.2, 0.25) is 0 Å². The highest BCUT2D eigenvalue weighted by Gasteiger charge is 2.25. The SMILES string of the molecule is O=C(O)C1CCN(CC(Cl)c2ccccc2)CC1. The fraction of sp³-hybridized carbons (Fsp3) is 0.500. The van der Waals surface area contributed by atoms with Gasteiger partial charge in [-0.25, -0.2) is 0 Å². The minimum Gasteiger partial charge on any atom is -0.481 e. The van der Waals surface area contributed by atoms with E-state index in [0.29, 0.717) is 0 Å². The molecule has 3 nitrogen and oxygen atoms in total. The van der Waals surface area contributed by atoms with Crippen LogP contribution in [0, 0.1) is 5.92 Å². The molecule has 1 unspecified atom stereocenters. The summed E-state index contributed by atoms with van der Waals surface area (Å²) in [7, 11) is 0. The Morgan fingerprint density at radius 1 is 1.33 bits per heavy atom. The lowest BCUT2D eigenvalue weighted by Crippen LogP contribution is -2.37. The zero-order valence-corrected chi connectivity index (χ0v) is 11.0. The number of carbonyl (C=O) groups is 1. The molecule has 1 aromatic rings. The molecule has 0 saturated carbocycles. The summed E-state index contributed by atoms with van der Waals surface area (Å²) < 4.78 is 0. The maximum Gasteiger partial charge on any atom is 0.306 e. The van der Waals surface area contributed by atoms with Gasteiger partial charge in [-0.1, -0.05) is 30.3 Å².